The van der Waals surface area contributed by atoms with Gasteiger partial charge in [0.2, 0.25) is 34.8 Å². The first-order chi connectivity index (χ1) is 23.7. The Kier molecular flexibility index (Phi) is 10.1. The second-order valence-electron chi connectivity index (χ2n) is 9.92. The summed E-state index contributed by atoms with van der Waals surface area (Å²) in [5, 5.41) is 26.7. The highest BCUT2D eigenvalue weighted by molar-refractivity contribution is 6.33. The van der Waals surface area contributed by atoms with Gasteiger partial charge < -0.3 is 20.1 Å². The number of benzene rings is 5. The maximum Gasteiger partial charge on any atom is 0.288 e. The fourth-order valence-electron chi connectivity index (χ4n) is 4.21. The fourth-order valence-corrected chi connectivity index (χ4v) is 4.59. The van der Waals surface area contributed by atoms with Crippen LogP contribution in [-0.2, 0) is 0 Å². The summed E-state index contributed by atoms with van der Waals surface area (Å²) < 4.78 is 69.8. The minimum absolute atomic E-state index is 0.0919. The second-order valence-corrected chi connectivity index (χ2v) is 10.7. The Hall–Kier alpha value is -6.26. The van der Waals surface area contributed by atoms with Crippen LogP contribution in [0.15, 0.2) is 84.9 Å². The molecule has 0 fully saturated rings. The SMILES string of the molecule is O=C(Nc1ccc(Oc2c(F)c(F)c(Oc3ccc(NC(=O)c4ccc(Cl)c([N+](=O)[O-])c4)cc3)c(F)c2F)cc1)c1ccc(Cl)c([N+](=O)[O-])c1. The zero-order valence-corrected chi connectivity index (χ0v) is 26.0. The third-order valence-corrected chi connectivity index (χ3v) is 7.30. The van der Waals surface area contributed by atoms with Crippen molar-refractivity contribution in [3.05, 3.63) is 150 Å². The Balaban J connectivity index is 1.26. The van der Waals surface area contributed by atoms with Crippen molar-refractivity contribution in [3.63, 3.8) is 0 Å². The summed E-state index contributed by atoms with van der Waals surface area (Å²) in [6.07, 6.45) is 0. The van der Waals surface area contributed by atoms with E-state index in [1.165, 1.54) is 48.5 Å². The van der Waals surface area contributed by atoms with Crippen LogP contribution in [-0.4, -0.2) is 21.7 Å². The van der Waals surface area contributed by atoms with Crippen molar-refractivity contribution in [2.45, 2.75) is 0 Å². The van der Waals surface area contributed by atoms with E-state index < -0.39 is 67.8 Å². The van der Waals surface area contributed by atoms with Gasteiger partial charge in [-0.05, 0) is 72.8 Å². The van der Waals surface area contributed by atoms with Crippen LogP contribution in [0.25, 0.3) is 0 Å². The van der Waals surface area contributed by atoms with Gasteiger partial charge in [-0.3, -0.25) is 29.8 Å². The molecule has 0 bridgehead atoms. The number of hydrogen-bond acceptors (Lipinski definition) is 8. The summed E-state index contributed by atoms with van der Waals surface area (Å²) in [5.41, 5.74) is -0.912. The molecule has 0 aliphatic carbocycles. The molecule has 0 atom stereocenters. The van der Waals surface area contributed by atoms with Crippen LogP contribution < -0.4 is 20.1 Å². The van der Waals surface area contributed by atoms with E-state index in [4.69, 9.17) is 32.7 Å². The highest BCUT2D eigenvalue weighted by Gasteiger charge is 2.29. The van der Waals surface area contributed by atoms with E-state index in [2.05, 4.69) is 10.6 Å². The monoisotopic (exact) mass is 730 g/mol. The molecule has 12 nitrogen and oxygen atoms in total. The highest BCUT2D eigenvalue weighted by atomic mass is 35.5. The molecule has 0 unspecified atom stereocenters. The summed E-state index contributed by atoms with van der Waals surface area (Å²) in [4.78, 5) is 45.7. The van der Waals surface area contributed by atoms with E-state index in [1.807, 2.05) is 0 Å². The molecule has 5 aromatic carbocycles. The minimum atomic E-state index is -1.93. The lowest BCUT2D eigenvalue weighted by Gasteiger charge is -2.14. The lowest BCUT2D eigenvalue weighted by molar-refractivity contribution is -0.384. The molecule has 254 valence electrons. The molecule has 0 saturated heterocycles. The number of nitrogens with zero attached hydrogens (tertiary/aromatic N) is 2. The zero-order chi connectivity index (χ0) is 36.3. The fraction of sp³-hybridized carbons (Fsp3) is 0. The van der Waals surface area contributed by atoms with Gasteiger partial charge >= 0.3 is 0 Å². The summed E-state index contributed by atoms with van der Waals surface area (Å²) >= 11 is 11.5. The molecule has 0 heterocycles. The number of carbonyl (C=O) groups excluding carboxylic acids is 2. The van der Waals surface area contributed by atoms with Crippen LogP contribution in [0, 0.1) is 43.5 Å². The van der Waals surface area contributed by atoms with Gasteiger partial charge in [-0.2, -0.15) is 17.6 Å². The maximum atomic E-state index is 14.9. The van der Waals surface area contributed by atoms with E-state index >= 15 is 0 Å². The van der Waals surface area contributed by atoms with Crippen molar-refractivity contribution in [2.75, 3.05) is 10.6 Å². The standard InChI is InChI=1S/C32H16Cl2F4N4O8/c33-21-11-1-15(13-23(21)41(45)46)31(43)39-17-3-7-19(8-4-17)49-29-25(35)27(37)30(28(38)26(29)36)50-20-9-5-18(6-10-20)40-32(44)16-2-12-22(34)24(14-16)42(47)48/h1-14H,(H,39,43)(H,40,44). The number of anilines is 2. The van der Waals surface area contributed by atoms with Gasteiger partial charge in [-0.15, -0.1) is 0 Å². The van der Waals surface area contributed by atoms with Gasteiger partial charge in [0, 0.05) is 34.6 Å². The molecule has 50 heavy (non-hydrogen) atoms. The number of hydrogen-bond donors (Lipinski definition) is 2. The molecule has 18 heteroatoms. The normalized spacial score (nSPS) is 10.7. The van der Waals surface area contributed by atoms with Crippen LogP contribution in [0.1, 0.15) is 20.7 Å². The van der Waals surface area contributed by atoms with Crippen molar-refractivity contribution in [1.29, 1.82) is 0 Å². The topological polar surface area (TPSA) is 163 Å². The predicted molar refractivity (Wildman–Crippen MR) is 171 cm³/mol. The predicted octanol–water partition coefficient (Wildman–Crippen LogP) is 9.46. The summed E-state index contributed by atoms with van der Waals surface area (Å²) in [7, 11) is 0. The molecular weight excluding hydrogens is 715 g/mol. The molecular formula is C32H16Cl2F4N4O8. The molecule has 5 rings (SSSR count). The number of nitro groups is 2. The van der Waals surface area contributed by atoms with E-state index in [9.17, 15) is 47.4 Å². The molecule has 0 spiro atoms. The average molecular weight is 731 g/mol. The van der Waals surface area contributed by atoms with Crippen molar-refractivity contribution in [2.24, 2.45) is 0 Å². The van der Waals surface area contributed by atoms with E-state index in [0.717, 1.165) is 36.4 Å². The third kappa shape index (κ3) is 7.56. The quantitative estimate of drug-likeness (QED) is 0.0621. The summed E-state index contributed by atoms with van der Waals surface area (Å²) in [6, 6.07) is 16.2. The van der Waals surface area contributed by atoms with Crippen molar-refractivity contribution < 1.29 is 46.5 Å². The largest absolute Gasteiger partial charge is 0.451 e. The first-order valence-corrected chi connectivity index (χ1v) is 14.4. The number of halogens is 6. The zero-order valence-electron chi connectivity index (χ0n) is 24.5. The molecule has 0 aromatic heterocycles. The number of nitro benzene ring substituents is 2. The van der Waals surface area contributed by atoms with Gasteiger partial charge in [0.1, 0.15) is 21.5 Å². The minimum Gasteiger partial charge on any atom is -0.451 e. The van der Waals surface area contributed by atoms with Gasteiger partial charge in [0.25, 0.3) is 23.2 Å². The van der Waals surface area contributed by atoms with Gasteiger partial charge in [0.05, 0.1) is 9.85 Å². The molecule has 0 radical (unpaired) electrons. The molecule has 0 aliphatic heterocycles. The molecule has 2 N–H and O–H groups in total. The van der Waals surface area contributed by atoms with Crippen LogP contribution >= 0.6 is 23.2 Å². The number of ether oxygens (including phenoxy) is 2. The second kappa shape index (κ2) is 14.5. The summed E-state index contributed by atoms with van der Waals surface area (Å²) in [5.74, 6) is -12.7. The van der Waals surface area contributed by atoms with E-state index in [1.54, 1.807) is 0 Å². The van der Waals surface area contributed by atoms with Crippen LogP contribution in [0.2, 0.25) is 10.0 Å². The first-order valence-electron chi connectivity index (χ1n) is 13.7. The Labute approximate surface area is 287 Å². The molecule has 2 amide bonds. The number of amides is 2. The van der Waals surface area contributed by atoms with E-state index in [-0.39, 0.29) is 44.0 Å². The Morgan fingerprint density at radius 3 is 1.18 bits per heavy atom. The molecule has 0 saturated carbocycles. The summed E-state index contributed by atoms with van der Waals surface area (Å²) in [6.45, 7) is 0. The lowest BCUT2D eigenvalue weighted by Crippen LogP contribution is -2.12. The maximum absolute atomic E-state index is 14.9. The van der Waals surface area contributed by atoms with Crippen molar-refractivity contribution in [3.8, 4) is 23.0 Å². The van der Waals surface area contributed by atoms with Crippen LogP contribution in [0.5, 0.6) is 23.0 Å². The Bertz CT molecular complexity index is 2010. The smallest absolute Gasteiger partial charge is 0.288 e. The van der Waals surface area contributed by atoms with Crippen molar-refractivity contribution >= 4 is 57.8 Å². The third-order valence-electron chi connectivity index (χ3n) is 6.66. The number of carbonyl (C=O) groups is 2. The van der Waals surface area contributed by atoms with Crippen LogP contribution in [0.4, 0.5) is 40.3 Å². The van der Waals surface area contributed by atoms with Crippen molar-refractivity contribution in [1.82, 2.24) is 0 Å². The number of nitrogens with one attached hydrogen (secondary N) is 2. The Morgan fingerprint density at radius 2 is 0.880 bits per heavy atom. The Morgan fingerprint density at radius 1 is 0.560 bits per heavy atom. The molecule has 5 aromatic rings. The molecule has 0 aliphatic rings. The number of rotatable bonds is 10. The lowest BCUT2D eigenvalue weighted by atomic mass is 10.2. The van der Waals surface area contributed by atoms with Gasteiger partial charge in [-0.25, -0.2) is 0 Å². The highest BCUT2D eigenvalue weighted by Crippen LogP contribution is 2.39. The van der Waals surface area contributed by atoms with Gasteiger partial charge in [-0.1, -0.05) is 23.2 Å². The van der Waals surface area contributed by atoms with E-state index in [0.29, 0.717) is 0 Å². The van der Waals surface area contributed by atoms with Crippen LogP contribution in [0.3, 0.4) is 0 Å². The average Bonchev–Trinajstić information content (AvgIpc) is 3.09. The first kappa shape index (κ1) is 35.1. The van der Waals surface area contributed by atoms with Gasteiger partial charge in [0.15, 0.2) is 0 Å².